The van der Waals surface area contributed by atoms with Crippen LogP contribution in [-0.2, 0) is 10.0 Å². The number of nitrogens with zero attached hydrogens (tertiary/aromatic N) is 2. The summed E-state index contributed by atoms with van der Waals surface area (Å²) >= 11 is 0. The zero-order valence-corrected chi connectivity index (χ0v) is 12.9. The highest BCUT2D eigenvalue weighted by molar-refractivity contribution is 7.89. The Labute approximate surface area is 124 Å². The molecule has 1 unspecified atom stereocenters. The summed E-state index contributed by atoms with van der Waals surface area (Å²) in [6.45, 7) is 2.33. The van der Waals surface area contributed by atoms with E-state index in [1.165, 1.54) is 16.4 Å². The lowest BCUT2D eigenvalue weighted by atomic mass is 10.1. The third-order valence-electron chi connectivity index (χ3n) is 3.78. The van der Waals surface area contributed by atoms with Crippen LogP contribution in [0, 0.1) is 10.1 Å². The normalized spacial score (nSPS) is 20.2. The molecule has 116 valence electrons. The molecule has 1 atom stereocenters. The van der Waals surface area contributed by atoms with Gasteiger partial charge in [0.2, 0.25) is 10.0 Å². The van der Waals surface area contributed by atoms with Crippen molar-refractivity contribution in [2.45, 2.75) is 37.1 Å². The van der Waals surface area contributed by atoms with Crippen molar-refractivity contribution in [3.63, 3.8) is 0 Å². The van der Waals surface area contributed by atoms with E-state index in [4.69, 9.17) is 0 Å². The molecular formula is C13H19N3O4S. The highest BCUT2D eigenvalue weighted by atomic mass is 32.2. The number of sulfonamides is 1. The summed E-state index contributed by atoms with van der Waals surface area (Å²) in [5, 5.41) is 13.8. The van der Waals surface area contributed by atoms with Gasteiger partial charge in [-0.2, -0.15) is 4.31 Å². The second kappa shape index (κ2) is 5.98. The summed E-state index contributed by atoms with van der Waals surface area (Å²) < 4.78 is 26.7. The van der Waals surface area contributed by atoms with Gasteiger partial charge < -0.3 is 5.32 Å². The lowest BCUT2D eigenvalue weighted by Gasteiger charge is -2.32. The fourth-order valence-corrected chi connectivity index (χ4v) is 4.32. The van der Waals surface area contributed by atoms with Crippen molar-refractivity contribution >= 4 is 21.4 Å². The van der Waals surface area contributed by atoms with Gasteiger partial charge >= 0.3 is 0 Å². The van der Waals surface area contributed by atoms with Crippen molar-refractivity contribution in [1.29, 1.82) is 0 Å². The SMILES string of the molecule is CNc1ccc(S(=O)(=O)N2CCCCC2C)cc1[N+](=O)[O-]. The molecule has 0 aromatic heterocycles. The number of nitrogens with one attached hydrogen (secondary N) is 1. The van der Waals surface area contributed by atoms with Crippen LogP contribution in [0.25, 0.3) is 0 Å². The fourth-order valence-electron chi connectivity index (χ4n) is 2.60. The molecule has 0 aliphatic carbocycles. The lowest BCUT2D eigenvalue weighted by molar-refractivity contribution is -0.384. The van der Waals surface area contributed by atoms with Crippen molar-refractivity contribution < 1.29 is 13.3 Å². The average molecular weight is 313 g/mol. The molecule has 0 saturated carbocycles. The maximum absolute atomic E-state index is 12.7. The molecule has 0 radical (unpaired) electrons. The van der Waals surface area contributed by atoms with E-state index in [1.807, 2.05) is 6.92 Å². The zero-order valence-electron chi connectivity index (χ0n) is 12.1. The maximum Gasteiger partial charge on any atom is 0.293 e. The van der Waals surface area contributed by atoms with E-state index in [1.54, 1.807) is 7.05 Å². The van der Waals surface area contributed by atoms with Gasteiger partial charge in [0.25, 0.3) is 5.69 Å². The van der Waals surface area contributed by atoms with Crippen molar-refractivity contribution in [3.8, 4) is 0 Å². The maximum atomic E-state index is 12.7. The first kappa shape index (κ1) is 15.7. The van der Waals surface area contributed by atoms with Crippen LogP contribution in [0.15, 0.2) is 23.1 Å². The number of anilines is 1. The van der Waals surface area contributed by atoms with Crippen LogP contribution in [0.4, 0.5) is 11.4 Å². The van der Waals surface area contributed by atoms with Crippen LogP contribution in [0.2, 0.25) is 0 Å². The zero-order chi connectivity index (χ0) is 15.6. The molecule has 1 aromatic rings. The molecule has 21 heavy (non-hydrogen) atoms. The Morgan fingerprint density at radius 3 is 2.67 bits per heavy atom. The van der Waals surface area contributed by atoms with Gasteiger partial charge in [0, 0.05) is 25.7 Å². The number of hydrogen-bond acceptors (Lipinski definition) is 5. The predicted molar refractivity (Wildman–Crippen MR) is 79.8 cm³/mol. The van der Waals surface area contributed by atoms with Gasteiger partial charge in [0.15, 0.2) is 0 Å². The Kier molecular flexibility index (Phi) is 4.48. The second-order valence-corrected chi connectivity index (χ2v) is 7.04. The molecule has 0 spiro atoms. The molecule has 8 heteroatoms. The Bertz CT molecular complexity index is 645. The van der Waals surface area contributed by atoms with Gasteiger partial charge in [0.05, 0.1) is 9.82 Å². The van der Waals surface area contributed by atoms with Crippen LogP contribution >= 0.6 is 0 Å². The summed E-state index contributed by atoms with van der Waals surface area (Å²) in [6, 6.07) is 3.89. The van der Waals surface area contributed by atoms with E-state index >= 15 is 0 Å². The summed E-state index contributed by atoms with van der Waals surface area (Å²) in [4.78, 5) is 10.5. The molecule has 2 rings (SSSR count). The van der Waals surface area contributed by atoms with Crippen LogP contribution < -0.4 is 5.32 Å². The number of nitro benzene ring substituents is 1. The van der Waals surface area contributed by atoms with Crippen LogP contribution in [0.5, 0.6) is 0 Å². The molecule has 1 fully saturated rings. The molecule has 1 aromatic carbocycles. The van der Waals surface area contributed by atoms with Crippen molar-refractivity contribution in [2.24, 2.45) is 0 Å². The monoisotopic (exact) mass is 313 g/mol. The van der Waals surface area contributed by atoms with Crippen LogP contribution in [-0.4, -0.2) is 37.3 Å². The first-order valence-corrected chi connectivity index (χ1v) is 8.30. The van der Waals surface area contributed by atoms with E-state index in [-0.39, 0.29) is 16.6 Å². The van der Waals surface area contributed by atoms with Crippen LogP contribution in [0.1, 0.15) is 26.2 Å². The number of nitro groups is 1. The van der Waals surface area contributed by atoms with E-state index in [0.717, 1.165) is 25.3 Å². The van der Waals surface area contributed by atoms with Gasteiger partial charge in [-0.15, -0.1) is 0 Å². The third-order valence-corrected chi connectivity index (χ3v) is 5.79. The van der Waals surface area contributed by atoms with E-state index in [9.17, 15) is 18.5 Å². The number of rotatable bonds is 4. The molecule has 0 amide bonds. The smallest absolute Gasteiger partial charge is 0.293 e. The minimum absolute atomic E-state index is 0.0260. The predicted octanol–water partition coefficient (Wildman–Crippen LogP) is 2.20. The molecule has 0 bridgehead atoms. The van der Waals surface area contributed by atoms with Gasteiger partial charge in [0.1, 0.15) is 5.69 Å². The van der Waals surface area contributed by atoms with E-state index < -0.39 is 14.9 Å². The first-order chi connectivity index (χ1) is 9.87. The fraction of sp³-hybridized carbons (Fsp3) is 0.538. The molecular weight excluding hydrogens is 294 g/mol. The second-order valence-electron chi connectivity index (χ2n) is 5.15. The van der Waals surface area contributed by atoms with Gasteiger partial charge in [-0.25, -0.2) is 8.42 Å². The highest BCUT2D eigenvalue weighted by Crippen LogP contribution is 2.31. The molecule has 1 N–H and O–H groups in total. The Morgan fingerprint density at radius 2 is 2.10 bits per heavy atom. The number of piperidine rings is 1. The minimum Gasteiger partial charge on any atom is -0.383 e. The third kappa shape index (κ3) is 3.01. The number of benzene rings is 1. The summed E-state index contributed by atoms with van der Waals surface area (Å²) in [7, 11) is -2.13. The average Bonchev–Trinajstić information content (AvgIpc) is 2.46. The van der Waals surface area contributed by atoms with Gasteiger partial charge in [-0.05, 0) is 31.9 Å². The lowest BCUT2D eigenvalue weighted by Crippen LogP contribution is -2.41. The van der Waals surface area contributed by atoms with Crippen molar-refractivity contribution in [3.05, 3.63) is 28.3 Å². The van der Waals surface area contributed by atoms with Crippen LogP contribution in [0.3, 0.4) is 0 Å². The summed E-state index contributed by atoms with van der Waals surface area (Å²) in [5.41, 5.74) is 0.0638. The summed E-state index contributed by atoms with van der Waals surface area (Å²) in [5.74, 6) is 0. The molecule has 1 heterocycles. The van der Waals surface area contributed by atoms with E-state index in [0.29, 0.717) is 12.2 Å². The molecule has 1 aliphatic rings. The minimum atomic E-state index is -3.69. The largest absolute Gasteiger partial charge is 0.383 e. The Balaban J connectivity index is 2.45. The standard InChI is InChI=1S/C13H19N3O4S/c1-10-5-3-4-8-15(10)21(19,20)11-6-7-12(14-2)13(9-11)16(17)18/h6-7,9-10,14H,3-5,8H2,1-2H3. The number of hydrogen-bond donors (Lipinski definition) is 1. The molecule has 1 saturated heterocycles. The Morgan fingerprint density at radius 1 is 1.38 bits per heavy atom. The quantitative estimate of drug-likeness (QED) is 0.679. The van der Waals surface area contributed by atoms with Gasteiger partial charge in [-0.1, -0.05) is 6.42 Å². The van der Waals surface area contributed by atoms with E-state index in [2.05, 4.69) is 5.32 Å². The van der Waals surface area contributed by atoms with Crippen molar-refractivity contribution in [2.75, 3.05) is 18.9 Å². The highest BCUT2D eigenvalue weighted by Gasteiger charge is 2.32. The van der Waals surface area contributed by atoms with Gasteiger partial charge in [-0.3, -0.25) is 10.1 Å². The molecule has 7 nitrogen and oxygen atoms in total. The first-order valence-electron chi connectivity index (χ1n) is 6.86. The van der Waals surface area contributed by atoms with Crippen molar-refractivity contribution in [1.82, 2.24) is 4.31 Å². The molecule has 1 aliphatic heterocycles. The topological polar surface area (TPSA) is 92.6 Å². The Hall–Kier alpha value is -1.67. The summed E-state index contributed by atoms with van der Waals surface area (Å²) in [6.07, 6.45) is 2.64.